The van der Waals surface area contributed by atoms with Gasteiger partial charge in [-0.1, -0.05) is 29.8 Å². The average molecular weight is 372 g/mol. The summed E-state index contributed by atoms with van der Waals surface area (Å²) in [4.78, 5) is 35.8. The number of benzene rings is 2. The zero-order valence-corrected chi connectivity index (χ0v) is 15.1. The molecular weight excluding hydrogens is 351 g/mol. The predicted octanol–water partition coefficient (Wildman–Crippen LogP) is 2.82. The van der Waals surface area contributed by atoms with E-state index in [1.165, 1.54) is 25.1 Å². The van der Waals surface area contributed by atoms with Gasteiger partial charge in [-0.3, -0.25) is 14.4 Å². The predicted molar refractivity (Wildman–Crippen MR) is 98.7 cm³/mol. The summed E-state index contributed by atoms with van der Waals surface area (Å²) in [5.41, 5.74) is 1.47. The number of para-hydroxylation sites is 1. The van der Waals surface area contributed by atoms with Gasteiger partial charge in [-0.05, 0) is 38.1 Å². The number of rotatable bonds is 7. The second kappa shape index (κ2) is 9.47. The Morgan fingerprint density at radius 1 is 1.11 bits per heavy atom. The topological polar surface area (TPSA) is 84.5 Å². The van der Waals surface area contributed by atoms with Crippen molar-refractivity contribution in [2.75, 3.05) is 11.9 Å². The van der Waals surface area contributed by atoms with Crippen LogP contribution in [0.2, 0.25) is 0 Å². The summed E-state index contributed by atoms with van der Waals surface area (Å²) < 4.78 is 18.5. The van der Waals surface area contributed by atoms with Crippen LogP contribution in [0.1, 0.15) is 29.3 Å². The highest BCUT2D eigenvalue weighted by Gasteiger charge is 2.19. The molecule has 0 bridgehead atoms. The Morgan fingerprint density at radius 3 is 2.56 bits per heavy atom. The summed E-state index contributed by atoms with van der Waals surface area (Å²) in [5.74, 6) is -2.16. The highest BCUT2D eigenvalue weighted by Crippen LogP contribution is 2.13. The molecule has 7 heteroatoms. The van der Waals surface area contributed by atoms with Gasteiger partial charge in [-0.15, -0.1) is 0 Å². The summed E-state index contributed by atoms with van der Waals surface area (Å²) in [5, 5.41) is 4.97. The number of hydrogen-bond donors (Lipinski definition) is 2. The molecule has 0 aliphatic rings. The SMILES string of the molecule is Cc1cccc(C(=O)NCCC(=O)OC(C)C(=O)Nc2ccccc2F)c1. The Hall–Kier alpha value is -3.22. The van der Waals surface area contributed by atoms with Crippen molar-refractivity contribution in [1.82, 2.24) is 5.32 Å². The van der Waals surface area contributed by atoms with Crippen molar-refractivity contribution in [3.05, 3.63) is 65.5 Å². The Labute approximate surface area is 156 Å². The molecule has 0 aliphatic heterocycles. The van der Waals surface area contributed by atoms with Crippen LogP contribution >= 0.6 is 0 Å². The van der Waals surface area contributed by atoms with Crippen molar-refractivity contribution in [1.29, 1.82) is 0 Å². The maximum atomic E-state index is 13.5. The summed E-state index contributed by atoms with van der Waals surface area (Å²) >= 11 is 0. The highest BCUT2D eigenvalue weighted by molar-refractivity contribution is 5.95. The summed E-state index contributed by atoms with van der Waals surface area (Å²) in [6.07, 6.45) is -1.18. The summed E-state index contributed by atoms with van der Waals surface area (Å²) in [7, 11) is 0. The Balaban J connectivity index is 1.75. The van der Waals surface area contributed by atoms with E-state index < -0.39 is 23.8 Å². The fraction of sp³-hybridized carbons (Fsp3) is 0.250. The van der Waals surface area contributed by atoms with Crippen LogP contribution in [0.3, 0.4) is 0 Å². The summed E-state index contributed by atoms with van der Waals surface area (Å²) in [6, 6.07) is 12.8. The molecule has 1 unspecified atom stereocenters. The molecule has 0 saturated heterocycles. The van der Waals surface area contributed by atoms with E-state index in [0.29, 0.717) is 5.56 Å². The quantitative estimate of drug-likeness (QED) is 0.732. The molecule has 0 spiro atoms. The third-order valence-electron chi connectivity index (χ3n) is 3.70. The number of amides is 2. The maximum absolute atomic E-state index is 13.5. The van der Waals surface area contributed by atoms with Gasteiger partial charge in [0.15, 0.2) is 6.10 Å². The first-order chi connectivity index (χ1) is 12.9. The molecule has 0 aromatic heterocycles. The number of carbonyl (C=O) groups is 3. The van der Waals surface area contributed by atoms with E-state index in [0.717, 1.165) is 5.56 Å². The van der Waals surface area contributed by atoms with Gasteiger partial charge in [0.05, 0.1) is 12.1 Å². The maximum Gasteiger partial charge on any atom is 0.308 e. The first kappa shape index (κ1) is 20.1. The Morgan fingerprint density at radius 2 is 1.85 bits per heavy atom. The monoisotopic (exact) mass is 372 g/mol. The number of halogens is 1. The third kappa shape index (κ3) is 6.22. The number of esters is 1. The van der Waals surface area contributed by atoms with Gasteiger partial charge in [0, 0.05) is 12.1 Å². The van der Waals surface area contributed by atoms with E-state index >= 15 is 0 Å². The molecule has 0 radical (unpaired) electrons. The van der Waals surface area contributed by atoms with Crippen LogP contribution in [0.25, 0.3) is 0 Å². The lowest BCUT2D eigenvalue weighted by atomic mass is 10.1. The normalized spacial score (nSPS) is 11.4. The highest BCUT2D eigenvalue weighted by atomic mass is 19.1. The molecule has 2 aromatic carbocycles. The molecule has 0 fully saturated rings. The Bertz CT molecular complexity index is 838. The van der Waals surface area contributed by atoms with E-state index in [-0.39, 0.29) is 24.6 Å². The molecule has 142 valence electrons. The molecule has 2 amide bonds. The van der Waals surface area contributed by atoms with Crippen molar-refractivity contribution < 1.29 is 23.5 Å². The number of aryl methyl sites for hydroxylation is 1. The molecule has 2 aromatic rings. The molecule has 0 aliphatic carbocycles. The van der Waals surface area contributed by atoms with Crippen LogP contribution in [-0.4, -0.2) is 30.4 Å². The smallest absolute Gasteiger partial charge is 0.308 e. The third-order valence-corrected chi connectivity index (χ3v) is 3.70. The fourth-order valence-corrected chi connectivity index (χ4v) is 2.27. The van der Waals surface area contributed by atoms with Gasteiger partial charge in [0.1, 0.15) is 5.82 Å². The van der Waals surface area contributed by atoms with Gasteiger partial charge >= 0.3 is 5.97 Å². The van der Waals surface area contributed by atoms with Crippen molar-refractivity contribution in [2.24, 2.45) is 0 Å². The number of ether oxygens (including phenoxy) is 1. The van der Waals surface area contributed by atoms with Gasteiger partial charge in [0.25, 0.3) is 11.8 Å². The minimum Gasteiger partial charge on any atom is -0.452 e. The van der Waals surface area contributed by atoms with Gasteiger partial charge in [0.2, 0.25) is 0 Å². The van der Waals surface area contributed by atoms with Gasteiger partial charge < -0.3 is 15.4 Å². The van der Waals surface area contributed by atoms with Gasteiger partial charge in [-0.2, -0.15) is 0 Å². The molecular formula is C20H21FN2O4. The van der Waals surface area contributed by atoms with Crippen molar-refractivity contribution in [2.45, 2.75) is 26.4 Å². The van der Waals surface area contributed by atoms with Crippen LogP contribution in [0.5, 0.6) is 0 Å². The molecule has 2 rings (SSSR count). The standard InChI is InChI=1S/C20H21FN2O4/c1-13-6-5-7-15(12-13)20(26)22-11-10-18(24)27-14(2)19(25)23-17-9-4-3-8-16(17)21/h3-9,12,14H,10-11H2,1-2H3,(H,22,26)(H,23,25). The van der Waals surface area contributed by atoms with Crippen molar-refractivity contribution in [3.8, 4) is 0 Å². The van der Waals surface area contributed by atoms with E-state index in [1.54, 1.807) is 24.3 Å². The lowest BCUT2D eigenvalue weighted by molar-refractivity contribution is -0.153. The van der Waals surface area contributed by atoms with Crippen LogP contribution in [0, 0.1) is 12.7 Å². The zero-order chi connectivity index (χ0) is 19.8. The van der Waals surface area contributed by atoms with Gasteiger partial charge in [-0.25, -0.2) is 4.39 Å². The largest absolute Gasteiger partial charge is 0.452 e. The second-order valence-electron chi connectivity index (χ2n) is 5.98. The molecule has 0 heterocycles. The van der Waals surface area contributed by atoms with Crippen LogP contribution in [0.15, 0.2) is 48.5 Å². The average Bonchev–Trinajstić information content (AvgIpc) is 2.63. The van der Waals surface area contributed by atoms with E-state index in [4.69, 9.17) is 4.74 Å². The fourth-order valence-electron chi connectivity index (χ4n) is 2.27. The molecule has 2 N–H and O–H groups in total. The van der Waals surface area contributed by atoms with E-state index in [1.807, 2.05) is 13.0 Å². The lowest BCUT2D eigenvalue weighted by Crippen LogP contribution is -2.32. The first-order valence-electron chi connectivity index (χ1n) is 8.46. The minimum absolute atomic E-state index is 0.0100. The lowest BCUT2D eigenvalue weighted by Gasteiger charge is -2.14. The first-order valence-corrected chi connectivity index (χ1v) is 8.46. The van der Waals surface area contributed by atoms with E-state index in [9.17, 15) is 18.8 Å². The number of carbonyl (C=O) groups excluding carboxylic acids is 3. The molecule has 0 saturated carbocycles. The molecule has 1 atom stereocenters. The Kier molecular flexibility index (Phi) is 7.05. The van der Waals surface area contributed by atoms with Crippen molar-refractivity contribution >= 4 is 23.5 Å². The minimum atomic E-state index is -1.09. The van der Waals surface area contributed by atoms with Crippen LogP contribution in [0.4, 0.5) is 10.1 Å². The van der Waals surface area contributed by atoms with Crippen LogP contribution < -0.4 is 10.6 Å². The zero-order valence-electron chi connectivity index (χ0n) is 15.1. The van der Waals surface area contributed by atoms with Crippen LogP contribution in [-0.2, 0) is 14.3 Å². The number of nitrogens with one attached hydrogen (secondary N) is 2. The molecule has 6 nitrogen and oxygen atoms in total. The van der Waals surface area contributed by atoms with E-state index in [2.05, 4.69) is 10.6 Å². The summed E-state index contributed by atoms with van der Waals surface area (Å²) in [6.45, 7) is 3.34. The molecule has 27 heavy (non-hydrogen) atoms. The second-order valence-corrected chi connectivity index (χ2v) is 5.98. The number of hydrogen-bond acceptors (Lipinski definition) is 4. The number of anilines is 1. The van der Waals surface area contributed by atoms with Crippen molar-refractivity contribution in [3.63, 3.8) is 0 Å².